The maximum Gasteiger partial charge on any atom is 0.306 e. The molecule has 0 saturated heterocycles. The molecule has 0 fully saturated rings. The SMILES string of the molecule is CCCCCCCCCCCCCCCCCCCC(=O)OC[C@@H](COC(=O)CCCCCCCCC(C)CC)OC(=O)CCCCCCCCCCCCCC. The zero-order valence-electron chi connectivity index (χ0n) is 38.8. The Kier molecular flexibility index (Phi) is 44.2. The van der Waals surface area contributed by atoms with E-state index in [4.69, 9.17) is 14.2 Å². The van der Waals surface area contributed by atoms with E-state index in [1.165, 1.54) is 180 Å². The average molecular weight is 807 g/mol. The van der Waals surface area contributed by atoms with Gasteiger partial charge in [0.1, 0.15) is 13.2 Å². The Hall–Kier alpha value is -1.59. The molecule has 0 bridgehead atoms. The Labute approximate surface area is 355 Å². The van der Waals surface area contributed by atoms with E-state index in [-0.39, 0.29) is 31.1 Å². The summed E-state index contributed by atoms with van der Waals surface area (Å²) in [7, 11) is 0. The molecule has 0 spiro atoms. The lowest BCUT2D eigenvalue weighted by molar-refractivity contribution is -0.167. The topological polar surface area (TPSA) is 78.9 Å². The normalized spacial score (nSPS) is 12.4. The van der Waals surface area contributed by atoms with E-state index in [2.05, 4.69) is 27.7 Å². The predicted molar refractivity (Wildman–Crippen MR) is 243 cm³/mol. The fourth-order valence-electron chi connectivity index (χ4n) is 7.66. The number of unbranched alkanes of at least 4 members (excludes halogenated alkanes) is 32. The van der Waals surface area contributed by atoms with Gasteiger partial charge < -0.3 is 14.2 Å². The highest BCUT2D eigenvalue weighted by Crippen LogP contribution is 2.17. The van der Waals surface area contributed by atoms with Gasteiger partial charge in [-0.1, -0.05) is 246 Å². The van der Waals surface area contributed by atoms with Crippen LogP contribution in [0.2, 0.25) is 0 Å². The molecule has 0 aliphatic heterocycles. The summed E-state index contributed by atoms with van der Waals surface area (Å²) in [5, 5.41) is 0. The highest BCUT2D eigenvalue weighted by molar-refractivity contribution is 5.71. The summed E-state index contributed by atoms with van der Waals surface area (Å²) in [4.78, 5) is 37.8. The van der Waals surface area contributed by atoms with Crippen molar-refractivity contribution in [3.8, 4) is 0 Å². The van der Waals surface area contributed by atoms with Crippen molar-refractivity contribution in [2.24, 2.45) is 5.92 Å². The lowest BCUT2D eigenvalue weighted by Crippen LogP contribution is -2.30. The monoisotopic (exact) mass is 807 g/mol. The van der Waals surface area contributed by atoms with Crippen LogP contribution in [0.1, 0.15) is 285 Å². The van der Waals surface area contributed by atoms with Crippen molar-refractivity contribution in [3.63, 3.8) is 0 Å². The molecule has 6 heteroatoms. The molecule has 0 aliphatic rings. The van der Waals surface area contributed by atoms with Gasteiger partial charge in [0.05, 0.1) is 0 Å². The van der Waals surface area contributed by atoms with Crippen LogP contribution in [-0.2, 0) is 28.6 Å². The van der Waals surface area contributed by atoms with Gasteiger partial charge in [0.2, 0.25) is 0 Å². The Bertz CT molecular complexity index is 859. The van der Waals surface area contributed by atoms with Crippen molar-refractivity contribution >= 4 is 17.9 Å². The second-order valence-corrected chi connectivity index (χ2v) is 17.7. The van der Waals surface area contributed by atoms with Crippen LogP contribution in [0.3, 0.4) is 0 Å². The zero-order chi connectivity index (χ0) is 41.7. The molecule has 0 rings (SSSR count). The van der Waals surface area contributed by atoms with Crippen LogP contribution < -0.4 is 0 Å². The maximum absolute atomic E-state index is 12.7. The smallest absolute Gasteiger partial charge is 0.306 e. The van der Waals surface area contributed by atoms with Gasteiger partial charge >= 0.3 is 17.9 Å². The fraction of sp³-hybridized carbons (Fsp3) is 0.941. The van der Waals surface area contributed by atoms with Crippen LogP contribution in [0, 0.1) is 5.92 Å². The van der Waals surface area contributed by atoms with E-state index in [1.54, 1.807) is 0 Å². The van der Waals surface area contributed by atoms with Gasteiger partial charge in [-0.05, 0) is 25.2 Å². The third kappa shape index (κ3) is 43.8. The van der Waals surface area contributed by atoms with Gasteiger partial charge in [-0.3, -0.25) is 14.4 Å². The highest BCUT2D eigenvalue weighted by atomic mass is 16.6. The first-order valence-electron chi connectivity index (χ1n) is 25.4. The minimum atomic E-state index is -0.760. The van der Waals surface area contributed by atoms with E-state index in [0.717, 1.165) is 63.7 Å². The first kappa shape index (κ1) is 55.4. The van der Waals surface area contributed by atoms with Crippen molar-refractivity contribution in [3.05, 3.63) is 0 Å². The average Bonchev–Trinajstić information content (AvgIpc) is 3.21. The second kappa shape index (κ2) is 45.5. The maximum atomic E-state index is 12.7. The van der Waals surface area contributed by atoms with Crippen molar-refractivity contribution in [1.29, 1.82) is 0 Å². The Morgan fingerprint density at radius 2 is 0.614 bits per heavy atom. The van der Waals surface area contributed by atoms with Crippen molar-refractivity contribution in [2.75, 3.05) is 13.2 Å². The number of ether oxygens (including phenoxy) is 3. The van der Waals surface area contributed by atoms with Crippen LogP contribution in [0.4, 0.5) is 0 Å². The molecule has 0 saturated carbocycles. The molecule has 6 nitrogen and oxygen atoms in total. The third-order valence-electron chi connectivity index (χ3n) is 11.9. The lowest BCUT2D eigenvalue weighted by Gasteiger charge is -2.18. The van der Waals surface area contributed by atoms with Crippen LogP contribution >= 0.6 is 0 Å². The standard InChI is InChI=1S/C51H98O6/c1-5-8-10-12-14-16-18-20-21-22-23-24-26-27-29-34-38-42-49(52)55-45-48(46-56-50(53)43-39-35-32-31-33-37-41-47(4)7-3)57-51(54)44-40-36-30-28-25-19-17-15-13-11-9-6-2/h47-48H,5-46H2,1-4H3/t47?,48-/m0/s1. The number of carbonyl (C=O) groups excluding carboxylic acids is 3. The minimum absolute atomic E-state index is 0.0636. The third-order valence-corrected chi connectivity index (χ3v) is 11.9. The van der Waals surface area contributed by atoms with Crippen molar-refractivity contribution in [1.82, 2.24) is 0 Å². The summed E-state index contributed by atoms with van der Waals surface area (Å²) >= 11 is 0. The summed E-state index contributed by atoms with van der Waals surface area (Å²) in [5.41, 5.74) is 0. The van der Waals surface area contributed by atoms with Gasteiger partial charge in [-0.2, -0.15) is 0 Å². The van der Waals surface area contributed by atoms with E-state index in [1.807, 2.05) is 0 Å². The van der Waals surface area contributed by atoms with Gasteiger partial charge in [0.15, 0.2) is 6.10 Å². The molecule has 0 heterocycles. The molecule has 0 amide bonds. The Morgan fingerprint density at radius 1 is 0.351 bits per heavy atom. The summed E-state index contributed by atoms with van der Waals surface area (Å²) in [6.07, 6.45) is 46.6. The second-order valence-electron chi connectivity index (χ2n) is 17.7. The number of hydrogen-bond donors (Lipinski definition) is 0. The summed E-state index contributed by atoms with van der Waals surface area (Å²) in [5.74, 6) is -0.0352. The van der Waals surface area contributed by atoms with E-state index in [9.17, 15) is 14.4 Å². The van der Waals surface area contributed by atoms with Gasteiger partial charge in [0, 0.05) is 19.3 Å². The molecule has 0 N–H and O–H groups in total. The van der Waals surface area contributed by atoms with E-state index >= 15 is 0 Å². The molecule has 2 atom stereocenters. The first-order chi connectivity index (χ1) is 27.9. The molecule has 0 aromatic rings. The molecular weight excluding hydrogens is 709 g/mol. The van der Waals surface area contributed by atoms with Crippen molar-refractivity contribution < 1.29 is 28.6 Å². The van der Waals surface area contributed by atoms with Crippen LogP contribution in [0.5, 0.6) is 0 Å². The van der Waals surface area contributed by atoms with Crippen LogP contribution in [0.15, 0.2) is 0 Å². The van der Waals surface area contributed by atoms with Gasteiger partial charge in [0.25, 0.3) is 0 Å². The highest BCUT2D eigenvalue weighted by Gasteiger charge is 2.19. The predicted octanol–water partition coefficient (Wildman–Crippen LogP) is 16.3. The van der Waals surface area contributed by atoms with Crippen molar-refractivity contribution in [2.45, 2.75) is 291 Å². The number of esters is 3. The molecule has 1 unspecified atom stereocenters. The Balaban J connectivity index is 4.27. The summed E-state index contributed by atoms with van der Waals surface area (Å²) < 4.78 is 16.8. The molecular formula is C51H98O6. The van der Waals surface area contributed by atoms with E-state index in [0.29, 0.717) is 19.3 Å². The lowest BCUT2D eigenvalue weighted by atomic mass is 10.00. The minimum Gasteiger partial charge on any atom is -0.462 e. The number of carbonyl (C=O) groups is 3. The summed E-state index contributed by atoms with van der Waals surface area (Å²) in [6, 6.07) is 0. The molecule has 0 aromatic carbocycles. The number of hydrogen-bond acceptors (Lipinski definition) is 6. The van der Waals surface area contributed by atoms with Gasteiger partial charge in [-0.25, -0.2) is 0 Å². The molecule has 0 aliphatic carbocycles. The largest absolute Gasteiger partial charge is 0.462 e. The van der Waals surface area contributed by atoms with E-state index < -0.39 is 6.10 Å². The first-order valence-corrected chi connectivity index (χ1v) is 25.4. The molecule has 0 aromatic heterocycles. The zero-order valence-corrected chi connectivity index (χ0v) is 38.8. The summed E-state index contributed by atoms with van der Waals surface area (Å²) in [6.45, 7) is 8.99. The van der Waals surface area contributed by atoms with Gasteiger partial charge in [-0.15, -0.1) is 0 Å². The molecule has 0 radical (unpaired) electrons. The number of rotatable bonds is 46. The quantitative estimate of drug-likeness (QED) is 0.0346. The Morgan fingerprint density at radius 3 is 0.912 bits per heavy atom. The van der Waals surface area contributed by atoms with Crippen LogP contribution in [-0.4, -0.2) is 37.2 Å². The molecule has 57 heavy (non-hydrogen) atoms. The molecule has 338 valence electrons. The fourth-order valence-corrected chi connectivity index (χ4v) is 7.66. The van der Waals surface area contributed by atoms with Crippen LogP contribution in [0.25, 0.3) is 0 Å².